The highest BCUT2D eigenvalue weighted by molar-refractivity contribution is 5.78. The molecule has 6 nitrogen and oxygen atoms in total. The summed E-state index contributed by atoms with van der Waals surface area (Å²) < 4.78 is 5.08. The molecular weight excluding hydrogens is 292 g/mol. The lowest BCUT2D eigenvalue weighted by Gasteiger charge is -2.22. The van der Waals surface area contributed by atoms with E-state index in [4.69, 9.17) is 4.74 Å². The van der Waals surface area contributed by atoms with Gasteiger partial charge in [-0.3, -0.25) is 4.79 Å². The number of hydrogen-bond acceptors (Lipinski definition) is 5. The van der Waals surface area contributed by atoms with Gasteiger partial charge >= 0.3 is 0 Å². The van der Waals surface area contributed by atoms with Gasteiger partial charge in [-0.25, -0.2) is 4.98 Å². The van der Waals surface area contributed by atoms with Crippen molar-refractivity contribution in [2.75, 3.05) is 45.3 Å². The Morgan fingerprint density at radius 2 is 2.30 bits per heavy atom. The molecule has 0 aliphatic carbocycles. The van der Waals surface area contributed by atoms with E-state index in [1.54, 1.807) is 7.11 Å². The van der Waals surface area contributed by atoms with Gasteiger partial charge in [-0.1, -0.05) is 6.07 Å². The number of likely N-dealkylation sites (N-methyl/N-ethyl adjacent to an activating group) is 1. The Kier molecular flexibility index (Phi) is 6.80. The molecule has 23 heavy (non-hydrogen) atoms. The summed E-state index contributed by atoms with van der Waals surface area (Å²) in [6.45, 7) is 6.07. The molecule has 0 aromatic carbocycles. The molecule has 0 unspecified atom stereocenters. The van der Waals surface area contributed by atoms with Crippen LogP contribution in [-0.4, -0.2) is 62.2 Å². The highest BCUT2D eigenvalue weighted by Gasteiger charge is 2.21. The molecule has 1 aliphatic rings. The average molecular weight is 320 g/mol. The molecule has 1 atom stereocenters. The number of carbonyl (C=O) groups excluding carboxylic acids is 1. The highest BCUT2D eigenvalue weighted by atomic mass is 16.5. The summed E-state index contributed by atoms with van der Waals surface area (Å²) in [7, 11) is 3.71. The molecule has 1 aliphatic heterocycles. The van der Waals surface area contributed by atoms with Crippen LogP contribution < -0.4 is 10.2 Å². The van der Waals surface area contributed by atoms with Crippen LogP contribution in [0.2, 0.25) is 0 Å². The van der Waals surface area contributed by atoms with Crippen molar-refractivity contribution in [1.29, 1.82) is 0 Å². The van der Waals surface area contributed by atoms with Gasteiger partial charge in [0, 0.05) is 59.0 Å². The number of pyridine rings is 1. The second-order valence-electron chi connectivity index (χ2n) is 6.16. The van der Waals surface area contributed by atoms with E-state index in [0.717, 1.165) is 44.0 Å². The van der Waals surface area contributed by atoms with Crippen LogP contribution in [-0.2, 0) is 16.1 Å². The molecule has 1 amide bonds. The summed E-state index contributed by atoms with van der Waals surface area (Å²) in [4.78, 5) is 20.1. The van der Waals surface area contributed by atoms with Crippen molar-refractivity contribution in [2.24, 2.45) is 0 Å². The number of nitrogens with one attached hydrogen (secondary N) is 1. The van der Waals surface area contributed by atoms with Crippen molar-refractivity contribution in [2.45, 2.75) is 32.4 Å². The Hall–Kier alpha value is -1.66. The third-order valence-corrected chi connectivity index (χ3v) is 4.15. The van der Waals surface area contributed by atoms with Crippen molar-refractivity contribution < 1.29 is 9.53 Å². The molecule has 0 saturated carbocycles. The SMILES string of the molecule is COCCN(C)c1ccc(CN[C@@H](C)CN2CCCC2=O)cn1. The molecule has 128 valence electrons. The van der Waals surface area contributed by atoms with Crippen LogP contribution in [0.4, 0.5) is 5.82 Å². The van der Waals surface area contributed by atoms with E-state index in [1.807, 2.05) is 24.2 Å². The zero-order valence-corrected chi connectivity index (χ0v) is 14.4. The summed E-state index contributed by atoms with van der Waals surface area (Å²) >= 11 is 0. The van der Waals surface area contributed by atoms with Crippen LogP contribution in [0.5, 0.6) is 0 Å². The monoisotopic (exact) mass is 320 g/mol. The summed E-state index contributed by atoms with van der Waals surface area (Å²) in [6, 6.07) is 4.40. The third kappa shape index (κ3) is 5.48. The predicted molar refractivity (Wildman–Crippen MR) is 91.5 cm³/mol. The lowest BCUT2D eigenvalue weighted by Crippen LogP contribution is -2.39. The van der Waals surface area contributed by atoms with Crippen molar-refractivity contribution in [3.8, 4) is 0 Å². The molecular formula is C17H28N4O2. The van der Waals surface area contributed by atoms with Crippen LogP contribution in [0.25, 0.3) is 0 Å². The third-order valence-electron chi connectivity index (χ3n) is 4.15. The number of likely N-dealkylation sites (tertiary alicyclic amines) is 1. The van der Waals surface area contributed by atoms with E-state index in [9.17, 15) is 4.79 Å². The number of nitrogens with zero attached hydrogens (tertiary/aromatic N) is 3. The van der Waals surface area contributed by atoms with Gasteiger partial charge in [0.1, 0.15) is 5.82 Å². The number of methoxy groups -OCH3 is 1. The average Bonchev–Trinajstić information content (AvgIpc) is 2.96. The Morgan fingerprint density at radius 1 is 1.48 bits per heavy atom. The zero-order chi connectivity index (χ0) is 16.7. The molecule has 0 radical (unpaired) electrons. The highest BCUT2D eigenvalue weighted by Crippen LogP contribution is 2.11. The van der Waals surface area contributed by atoms with Crippen molar-refractivity contribution in [1.82, 2.24) is 15.2 Å². The molecule has 6 heteroatoms. The first kappa shape index (κ1) is 17.7. The van der Waals surface area contributed by atoms with Crippen LogP contribution in [0.3, 0.4) is 0 Å². The fourth-order valence-electron chi connectivity index (χ4n) is 2.67. The smallest absolute Gasteiger partial charge is 0.222 e. The zero-order valence-electron chi connectivity index (χ0n) is 14.4. The Balaban J connectivity index is 1.76. The number of amides is 1. The van der Waals surface area contributed by atoms with Gasteiger partial charge in [0.2, 0.25) is 5.91 Å². The van der Waals surface area contributed by atoms with Crippen LogP contribution in [0, 0.1) is 0 Å². The molecule has 1 aromatic rings. The summed E-state index contributed by atoms with van der Waals surface area (Å²) in [6.07, 6.45) is 3.60. The van der Waals surface area contributed by atoms with E-state index < -0.39 is 0 Å². The van der Waals surface area contributed by atoms with Crippen LogP contribution in [0.1, 0.15) is 25.3 Å². The predicted octanol–water partition coefficient (Wildman–Crippen LogP) is 1.26. The van der Waals surface area contributed by atoms with Gasteiger partial charge in [-0.2, -0.15) is 0 Å². The van der Waals surface area contributed by atoms with Gasteiger partial charge < -0.3 is 19.9 Å². The fraction of sp³-hybridized carbons (Fsp3) is 0.647. The van der Waals surface area contributed by atoms with Gasteiger partial charge in [0.05, 0.1) is 6.61 Å². The van der Waals surface area contributed by atoms with Gasteiger partial charge in [-0.05, 0) is 25.0 Å². The number of aromatic nitrogens is 1. The Bertz CT molecular complexity index is 492. The Morgan fingerprint density at radius 3 is 2.91 bits per heavy atom. The lowest BCUT2D eigenvalue weighted by molar-refractivity contribution is -0.127. The summed E-state index contributed by atoms with van der Waals surface area (Å²) in [5, 5.41) is 3.46. The number of hydrogen-bond donors (Lipinski definition) is 1. The molecule has 0 spiro atoms. The maximum absolute atomic E-state index is 11.6. The topological polar surface area (TPSA) is 57.7 Å². The van der Waals surface area contributed by atoms with Crippen molar-refractivity contribution in [3.05, 3.63) is 23.9 Å². The largest absolute Gasteiger partial charge is 0.383 e. The maximum atomic E-state index is 11.6. The number of rotatable bonds is 9. The number of ether oxygens (including phenoxy) is 1. The normalized spacial score (nSPS) is 16.0. The van der Waals surface area contributed by atoms with Crippen molar-refractivity contribution in [3.63, 3.8) is 0 Å². The van der Waals surface area contributed by atoms with Crippen molar-refractivity contribution >= 4 is 11.7 Å². The number of anilines is 1. The van der Waals surface area contributed by atoms with E-state index >= 15 is 0 Å². The summed E-state index contributed by atoms with van der Waals surface area (Å²) in [5.41, 5.74) is 1.15. The minimum atomic E-state index is 0.279. The molecule has 0 bridgehead atoms. The van der Waals surface area contributed by atoms with Gasteiger partial charge in [0.15, 0.2) is 0 Å². The standard InChI is InChI=1S/C17H28N4O2/c1-14(13-21-8-4-5-17(21)22)18-11-15-6-7-16(19-12-15)20(2)9-10-23-3/h6-7,12,14,18H,4-5,8-11,13H2,1-3H3/t14-/m0/s1. The first-order valence-electron chi connectivity index (χ1n) is 8.26. The maximum Gasteiger partial charge on any atom is 0.222 e. The van der Waals surface area contributed by atoms with E-state index in [2.05, 4.69) is 28.2 Å². The second kappa shape index (κ2) is 8.84. The molecule has 1 N–H and O–H groups in total. The first-order valence-corrected chi connectivity index (χ1v) is 8.26. The number of carbonyl (C=O) groups is 1. The fourth-order valence-corrected chi connectivity index (χ4v) is 2.67. The molecule has 2 rings (SSSR count). The minimum absolute atomic E-state index is 0.279. The molecule has 2 heterocycles. The van der Waals surface area contributed by atoms with Gasteiger partial charge in [0.25, 0.3) is 0 Å². The molecule has 1 aromatic heterocycles. The lowest BCUT2D eigenvalue weighted by atomic mass is 10.2. The molecule has 1 saturated heterocycles. The van der Waals surface area contributed by atoms with E-state index in [1.165, 1.54) is 0 Å². The summed E-state index contributed by atoms with van der Waals surface area (Å²) in [5.74, 6) is 1.23. The first-order chi connectivity index (χ1) is 11.1. The van der Waals surface area contributed by atoms with Gasteiger partial charge in [-0.15, -0.1) is 0 Å². The van der Waals surface area contributed by atoms with Crippen LogP contribution >= 0.6 is 0 Å². The Labute approximate surface area is 138 Å². The molecule has 1 fully saturated rings. The van der Waals surface area contributed by atoms with E-state index in [0.29, 0.717) is 13.0 Å². The van der Waals surface area contributed by atoms with E-state index in [-0.39, 0.29) is 11.9 Å². The quantitative estimate of drug-likeness (QED) is 0.742. The minimum Gasteiger partial charge on any atom is -0.383 e. The van der Waals surface area contributed by atoms with Crippen LogP contribution in [0.15, 0.2) is 18.3 Å². The second-order valence-corrected chi connectivity index (χ2v) is 6.16.